The van der Waals surface area contributed by atoms with E-state index in [9.17, 15) is 9.90 Å². The van der Waals surface area contributed by atoms with Gasteiger partial charge in [-0.1, -0.05) is 6.07 Å². The van der Waals surface area contributed by atoms with E-state index in [2.05, 4.69) is 15.3 Å². The number of nitrogens with two attached hydrogens (primary N) is 1. The smallest absolute Gasteiger partial charge is 0.248 e. The quantitative estimate of drug-likeness (QED) is 0.222. The molecule has 6 rings (SSSR count). The number of carbonyl (C=O) groups excluding carboxylic acids is 1. The molecule has 11 heteroatoms. The first-order chi connectivity index (χ1) is 19.2. The van der Waals surface area contributed by atoms with Gasteiger partial charge in [0.05, 0.1) is 23.8 Å². The third-order valence-corrected chi connectivity index (χ3v) is 7.33. The highest BCUT2D eigenvalue weighted by Gasteiger charge is 2.31. The highest BCUT2D eigenvalue weighted by Crippen LogP contribution is 2.39. The Morgan fingerprint density at radius 3 is 2.73 bits per heavy atom. The number of aryl methyl sites for hydroxylation is 1. The topological polar surface area (TPSA) is 161 Å². The predicted molar refractivity (Wildman–Crippen MR) is 150 cm³/mol. The first-order valence-electron chi connectivity index (χ1n) is 13.1. The zero-order valence-electron chi connectivity index (χ0n) is 22.4. The van der Waals surface area contributed by atoms with Crippen LogP contribution in [0.25, 0.3) is 33.3 Å². The van der Waals surface area contributed by atoms with E-state index >= 15 is 0 Å². The largest absolute Gasteiger partial charge is 0.495 e. The third kappa shape index (κ3) is 4.91. The van der Waals surface area contributed by atoms with Crippen molar-refractivity contribution in [2.24, 2.45) is 5.73 Å². The van der Waals surface area contributed by atoms with Crippen LogP contribution in [-0.2, 0) is 0 Å². The van der Waals surface area contributed by atoms with Gasteiger partial charge < -0.3 is 35.0 Å². The number of aromatic amines is 1. The van der Waals surface area contributed by atoms with E-state index < -0.39 is 11.5 Å². The number of primary amides is 1. The van der Waals surface area contributed by atoms with Crippen LogP contribution in [0.2, 0.25) is 0 Å². The molecule has 2 aromatic carbocycles. The van der Waals surface area contributed by atoms with Gasteiger partial charge >= 0.3 is 0 Å². The van der Waals surface area contributed by atoms with E-state index in [1.165, 1.54) is 7.11 Å². The zero-order valence-corrected chi connectivity index (χ0v) is 22.4. The summed E-state index contributed by atoms with van der Waals surface area (Å²) in [7, 11) is 1.51. The Morgan fingerprint density at radius 2 is 1.98 bits per heavy atom. The van der Waals surface area contributed by atoms with E-state index in [-0.39, 0.29) is 12.1 Å². The van der Waals surface area contributed by atoms with Gasteiger partial charge in [0.25, 0.3) is 0 Å². The Bertz CT molecular complexity index is 1730. The van der Waals surface area contributed by atoms with Gasteiger partial charge in [-0.05, 0) is 68.5 Å². The number of aliphatic hydroxyl groups is 1. The van der Waals surface area contributed by atoms with E-state index in [4.69, 9.17) is 29.6 Å². The number of hydrogen-bond acceptors (Lipinski definition) is 9. The summed E-state index contributed by atoms with van der Waals surface area (Å²) in [5.74, 6) is 1.16. The molecule has 40 heavy (non-hydrogen) atoms. The maximum Gasteiger partial charge on any atom is 0.248 e. The van der Waals surface area contributed by atoms with Crippen LogP contribution < -0.4 is 20.5 Å². The lowest BCUT2D eigenvalue weighted by Gasteiger charge is -2.33. The number of oxazole rings is 1. The van der Waals surface area contributed by atoms with Crippen molar-refractivity contribution in [2.75, 3.05) is 12.4 Å². The van der Waals surface area contributed by atoms with Crippen molar-refractivity contribution in [1.29, 1.82) is 0 Å². The number of H-pyrrole nitrogens is 1. The van der Waals surface area contributed by atoms with Crippen molar-refractivity contribution in [2.45, 2.75) is 51.2 Å². The number of nitrogens with zero attached hydrogens (tertiary/aromatic N) is 3. The van der Waals surface area contributed by atoms with E-state index in [1.807, 2.05) is 38.2 Å². The molecule has 0 radical (unpaired) electrons. The number of methoxy groups -OCH3 is 1. The average Bonchev–Trinajstić information content (AvgIpc) is 3.52. The minimum absolute atomic E-state index is 0.113. The fraction of sp³-hybridized carbons (Fsp3) is 0.310. The molecule has 0 unspecified atom stereocenters. The Hall–Kier alpha value is -4.64. The van der Waals surface area contributed by atoms with Crippen molar-refractivity contribution in [3.63, 3.8) is 0 Å². The van der Waals surface area contributed by atoms with Gasteiger partial charge in [0.15, 0.2) is 11.5 Å². The first kappa shape index (κ1) is 25.6. The molecule has 1 saturated carbocycles. The summed E-state index contributed by atoms with van der Waals surface area (Å²) in [5, 5.41) is 14.4. The average molecular weight is 543 g/mol. The molecule has 5 aromatic rings. The summed E-state index contributed by atoms with van der Waals surface area (Å²) in [5.41, 5.74) is 9.43. The van der Waals surface area contributed by atoms with Crippen LogP contribution in [0.5, 0.6) is 11.6 Å². The number of amides is 1. The predicted octanol–water partition coefficient (Wildman–Crippen LogP) is 5.00. The summed E-state index contributed by atoms with van der Waals surface area (Å²) in [4.78, 5) is 28.8. The normalized spacial score (nSPS) is 19.1. The van der Waals surface area contributed by atoms with Gasteiger partial charge in [-0.3, -0.25) is 4.79 Å². The Labute approximate surface area is 229 Å². The second-order valence-electron chi connectivity index (χ2n) is 10.4. The molecule has 0 spiro atoms. The number of aromatic nitrogens is 4. The third-order valence-electron chi connectivity index (χ3n) is 7.33. The van der Waals surface area contributed by atoms with Crippen molar-refractivity contribution in [3.8, 4) is 22.8 Å². The fourth-order valence-corrected chi connectivity index (χ4v) is 5.13. The second kappa shape index (κ2) is 9.83. The van der Waals surface area contributed by atoms with Gasteiger partial charge in [0.1, 0.15) is 23.0 Å². The van der Waals surface area contributed by atoms with E-state index in [0.717, 1.165) is 22.0 Å². The van der Waals surface area contributed by atoms with Gasteiger partial charge in [-0.2, -0.15) is 9.97 Å². The fourth-order valence-electron chi connectivity index (χ4n) is 5.13. The van der Waals surface area contributed by atoms with E-state index in [0.29, 0.717) is 65.7 Å². The molecule has 5 N–H and O–H groups in total. The molecule has 206 valence electrons. The summed E-state index contributed by atoms with van der Waals surface area (Å²) >= 11 is 0. The molecule has 3 heterocycles. The summed E-state index contributed by atoms with van der Waals surface area (Å²) in [6, 6.07) is 10.7. The number of ether oxygens (including phenoxy) is 2. The highest BCUT2D eigenvalue weighted by atomic mass is 16.5. The molecule has 1 amide bonds. The lowest BCUT2D eigenvalue weighted by molar-refractivity contribution is -0.0114. The highest BCUT2D eigenvalue weighted by molar-refractivity contribution is 5.99. The minimum Gasteiger partial charge on any atom is -0.495 e. The molecule has 0 bridgehead atoms. The number of fused-ring (bicyclic) bond motifs is 2. The second-order valence-corrected chi connectivity index (χ2v) is 10.4. The van der Waals surface area contributed by atoms with E-state index in [1.54, 1.807) is 18.2 Å². The number of anilines is 2. The van der Waals surface area contributed by atoms with Crippen LogP contribution >= 0.6 is 0 Å². The maximum absolute atomic E-state index is 11.6. The summed E-state index contributed by atoms with van der Waals surface area (Å²) in [6.45, 7) is 3.67. The first-order valence-corrected chi connectivity index (χ1v) is 13.1. The lowest BCUT2D eigenvalue weighted by Crippen LogP contribution is -2.35. The van der Waals surface area contributed by atoms with Crippen molar-refractivity contribution < 1.29 is 23.8 Å². The molecular weight excluding hydrogens is 512 g/mol. The van der Waals surface area contributed by atoms with Crippen LogP contribution in [0.15, 0.2) is 47.0 Å². The lowest BCUT2D eigenvalue weighted by atomic mass is 9.85. The number of benzene rings is 2. The molecule has 0 atom stereocenters. The summed E-state index contributed by atoms with van der Waals surface area (Å²) in [6.07, 6.45) is 4.44. The molecule has 1 aliphatic carbocycles. The molecule has 0 saturated heterocycles. The van der Waals surface area contributed by atoms with Crippen molar-refractivity contribution >= 4 is 39.7 Å². The van der Waals surface area contributed by atoms with Gasteiger partial charge in [-0.15, -0.1) is 0 Å². The van der Waals surface area contributed by atoms with Crippen LogP contribution in [0.1, 0.15) is 48.9 Å². The number of nitrogens with one attached hydrogen (secondary N) is 2. The number of carbonyl (C=O) groups is 1. The number of hydrogen-bond donors (Lipinski definition) is 4. The van der Waals surface area contributed by atoms with Gasteiger partial charge in [0, 0.05) is 24.2 Å². The molecule has 1 fully saturated rings. The van der Waals surface area contributed by atoms with Crippen LogP contribution in [0.4, 0.5) is 11.6 Å². The van der Waals surface area contributed by atoms with Crippen LogP contribution in [0.3, 0.4) is 0 Å². The Balaban J connectivity index is 1.42. The summed E-state index contributed by atoms with van der Waals surface area (Å²) < 4.78 is 17.7. The molecule has 1 aliphatic rings. The standard InChI is InChI=1S/C29H30N6O5/c1-15-32-21-6-4-16(12-23(21)39-15)19-14-31-26-24(19)27(40-18-8-10-29(2,37)11-9-18)35-28(34-26)33-20-7-5-17(25(30)36)13-22(20)38-3/h4-7,12-14,18,37H,8-11H2,1-3H3,(H2,30,36)(H2,31,33,34,35)/t18-,29+. The minimum atomic E-state index is -0.689. The van der Waals surface area contributed by atoms with Crippen LogP contribution in [0, 0.1) is 6.92 Å². The molecule has 3 aromatic heterocycles. The van der Waals surface area contributed by atoms with Crippen molar-refractivity contribution in [3.05, 3.63) is 54.0 Å². The molecule has 0 aliphatic heterocycles. The van der Waals surface area contributed by atoms with Gasteiger partial charge in [0.2, 0.25) is 17.7 Å². The Kier molecular flexibility index (Phi) is 6.30. The monoisotopic (exact) mass is 542 g/mol. The maximum atomic E-state index is 11.6. The van der Waals surface area contributed by atoms with Gasteiger partial charge in [-0.25, -0.2) is 4.98 Å². The van der Waals surface area contributed by atoms with Crippen LogP contribution in [-0.4, -0.2) is 49.8 Å². The molecular formula is C29H30N6O5. The number of rotatable bonds is 7. The molecule has 11 nitrogen and oxygen atoms in total. The SMILES string of the molecule is COc1cc(C(N)=O)ccc1Nc1nc(O[C@H]2CC[C@@](C)(O)CC2)c2c(-c3ccc4nc(C)oc4c3)c[nH]c2n1. The van der Waals surface area contributed by atoms with Crippen molar-refractivity contribution in [1.82, 2.24) is 19.9 Å². The zero-order chi connectivity index (χ0) is 28.0. The Morgan fingerprint density at radius 1 is 1.18 bits per heavy atom.